The summed E-state index contributed by atoms with van der Waals surface area (Å²) in [6.07, 6.45) is 2.86. The number of hydrogen-bond acceptors (Lipinski definition) is 3. The van der Waals surface area contributed by atoms with Crippen LogP contribution in [0, 0.1) is 0 Å². The van der Waals surface area contributed by atoms with Crippen molar-refractivity contribution < 1.29 is 4.74 Å². The normalized spacial score (nSPS) is 11.5. The van der Waals surface area contributed by atoms with Crippen molar-refractivity contribution >= 4 is 11.6 Å². The number of nitrogens with zero attached hydrogens (tertiary/aromatic N) is 3. The molecule has 6 heteroatoms. The fourth-order valence-electron chi connectivity index (χ4n) is 2.05. The molecule has 2 aromatic rings. The highest BCUT2D eigenvalue weighted by Crippen LogP contribution is 2.15. The van der Waals surface area contributed by atoms with Crippen molar-refractivity contribution in [2.75, 3.05) is 12.4 Å². The predicted molar refractivity (Wildman–Crippen MR) is 84.5 cm³/mol. The van der Waals surface area contributed by atoms with Crippen molar-refractivity contribution in [1.82, 2.24) is 9.78 Å². The zero-order valence-corrected chi connectivity index (χ0v) is 12.6. The first-order valence-corrected chi connectivity index (χ1v) is 6.84. The van der Waals surface area contributed by atoms with E-state index in [0.717, 1.165) is 29.1 Å². The first-order chi connectivity index (χ1) is 10.1. The van der Waals surface area contributed by atoms with Gasteiger partial charge in [-0.05, 0) is 30.7 Å². The third-order valence-corrected chi connectivity index (χ3v) is 3.11. The van der Waals surface area contributed by atoms with Gasteiger partial charge in [0, 0.05) is 24.5 Å². The Morgan fingerprint density at radius 3 is 2.71 bits per heavy atom. The average molecular weight is 287 g/mol. The minimum atomic E-state index is 0.381. The van der Waals surface area contributed by atoms with Crippen molar-refractivity contribution in [3.63, 3.8) is 0 Å². The summed E-state index contributed by atoms with van der Waals surface area (Å²) in [5.74, 6) is 1.19. The molecule has 0 aliphatic heterocycles. The molecule has 2 rings (SSSR count). The van der Waals surface area contributed by atoms with Gasteiger partial charge in [0.15, 0.2) is 5.96 Å². The molecule has 0 amide bonds. The van der Waals surface area contributed by atoms with Crippen LogP contribution >= 0.6 is 0 Å². The standard InChI is InChI=1S/C15H21N5O/c1-4-14-11(10-20(2)19-14)9-17-15(16)18-12-5-7-13(21-3)8-6-12/h5-8,10H,4,9H2,1-3H3,(H3,16,17,18). The minimum Gasteiger partial charge on any atom is -0.497 e. The van der Waals surface area contributed by atoms with Crippen LogP contribution in [0.1, 0.15) is 18.2 Å². The SMILES string of the molecule is CCc1nn(C)cc1CN=C(N)Nc1ccc(OC)cc1. The third kappa shape index (κ3) is 3.98. The van der Waals surface area contributed by atoms with Gasteiger partial charge in [0.05, 0.1) is 19.3 Å². The molecule has 0 saturated carbocycles. The van der Waals surface area contributed by atoms with Crippen molar-refractivity contribution in [3.8, 4) is 5.75 Å². The highest BCUT2D eigenvalue weighted by Gasteiger charge is 2.05. The monoisotopic (exact) mass is 287 g/mol. The van der Waals surface area contributed by atoms with Gasteiger partial charge >= 0.3 is 0 Å². The molecular formula is C15H21N5O. The zero-order valence-electron chi connectivity index (χ0n) is 12.6. The molecule has 1 heterocycles. The van der Waals surface area contributed by atoms with Gasteiger partial charge in [0.25, 0.3) is 0 Å². The molecule has 3 N–H and O–H groups in total. The summed E-state index contributed by atoms with van der Waals surface area (Å²) in [4.78, 5) is 4.35. The highest BCUT2D eigenvalue weighted by molar-refractivity contribution is 5.92. The molecule has 0 fully saturated rings. The van der Waals surface area contributed by atoms with Gasteiger partial charge in [-0.3, -0.25) is 4.68 Å². The number of methoxy groups -OCH3 is 1. The number of ether oxygens (including phenoxy) is 1. The van der Waals surface area contributed by atoms with Crippen molar-refractivity contribution in [2.24, 2.45) is 17.8 Å². The molecule has 1 aromatic heterocycles. The van der Waals surface area contributed by atoms with Crippen LogP contribution in [0.4, 0.5) is 5.69 Å². The lowest BCUT2D eigenvalue weighted by Crippen LogP contribution is -2.22. The largest absolute Gasteiger partial charge is 0.497 e. The predicted octanol–water partition coefficient (Wildman–Crippen LogP) is 1.92. The Bertz CT molecular complexity index is 615. The van der Waals surface area contributed by atoms with Crippen LogP contribution in [0.2, 0.25) is 0 Å². The fraction of sp³-hybridized carbons (Fsp3) is 0.333. The summed E-state index contributed by atoms with van der Waals surface area (Å²) in [5, 5.41) is 7.44. The zero-order chi connectivity index (χ0) is 15.2. The lowest BCUT2D eigenvalue weighted by molar-refractivity contribution is 0.415. The molecule has 1 aromatic carbocycles. The van der Waals surface area contributed by atoms with E-state index in [-0.39, 0.29) is 0 Å². The van der Waals surface area contributed by atoms with E-state index in [9.17, 15) is 0 Å². The Kier molecular flexibility index (Phi) is 4.81. The van der Waals surface area contributed by atoms with E-state index in [1.807, 2.05) is 37.5 Å². The minimum absolute atomic E-state index is 0.381. The number of aliphatic imine (C=N–C) groups is 1. The van der Waals surface area contributed by atoms with Crippen molar-refractivity contribution in [2.45, 2.75) is 19.9 Å². The summed E-state index contributed by atoms with van der Waals surface area (Å²) >= 11 is 0. The lowest BCUT2D eigenvalue weighted by Gasteiger charge is -2.06. The number of anilines is 1. The van der Waals surface area contributed by atoms with E-state index in [1.54, 1.807) is 11.8 Å². The summed E-state index contributed by atoms with van der Waals surface area (Å²) in [7, 11) is 3.54. The summed E-state index contributed by atoms with van der Waals surface area (Å²) < 4.78 is 6.91. The number of hydrogen-bond donors (Lipinski definition) is 2. The fourth-order valence-corrected chi connectivity index (χ4v) is 2.05. The molecule has 0 spiro atoms. The molecule has 0 aliphatic rings. The van der Waals surface area contributed by atoms with Crippen molar-refractivity contribution in [1.29, 1.82) is 0 Å². The topological polar surface area (TPSA) is 77.5 Å². The van der Waals surface area contributed by atoms with Gasteiger partial charge in [-0.15, -0.1) is 0 Å². The molecule has 0 bridgehead atoms. The molecule has 0 aliphatic carbocycles. The second-order valence-electron chi connectivity index (χ2n) is 4.68. The molecule has 0 atom stereocenters. The summed E-state index contributed by atoms with van der Waals surface area (Å²) in [6.45, 7) is 2.60. The third-order valence-electron chi connectivity index (χ3n) is 3.11. The molecule has 0 radical (unpaired) electrons. The van der Waals surface area contributed by atoms with Crippen LogP contribution in [-0.4, -0.2) is 22.8 Å². The lowest BCUT2D eigenvalue weighted by atomic mass is 10.2. The van der Waals surface area contributed by atoms with E-state index < -0.39 is 0 Å². The number of nitrogens with one attached hydrogen (secondary N) is 1. The Labute approximate surface area is 124 Å². The summed E-state index contributed by atoms with van der Waals surface area (Å²) in [5.41, 5.74) is 8.93. The first kappa shape index (κ1) is 14.9. The first-order valence-electron chi connectivity index (χ1n) is 6.84. The maximum Gasteiger partial charge on any atom is 0.193 e. The quantitative estimate of drug-likeness (QED) is 0.650. The van der Waals surface area contributed by atoms with Crippen LogP contribution in [0.3, 0.4) is 0 Å². The Morgan fingerprint density at radius 2 is 2.10 bits per heavy atom. The van der Waals surface area contributed by atoms with Crippen LogP contribution < -0.4 is 15.8 Å². The van der Waals surface area contributed by atoms with Crippen LogP contribution in [0.25, 0.3) is 0 Å². The van der Waals surface area contributed by atoms with E-state index in [4.69, 9.17) is 10.5 Å². The van der Waals surface area contributed by atoms with Gasteiger partial charge in [-0.25, -0.2) is 4.99 Å². The molecule has 0 unspecified atom stereocenters. The average Bonchev–Trinajstić information content (AvgIpc) is 2.86. The Hall–Kier alpha value is -2.50. The van der Waals surface area contributed by atoms with Gasteiger partial charge < -0.3 is 15.8 Å². The molecular weight excluding hydrogens is 266 g/mol. The van der Waals surface area contributed by atoms with E-state index in [2.05, 4.69) is 22.3 Å². The van der Waals surface area contributed by atoms with E-state index in [0.29, 0.717) is 12.5 Å². The Morgan fingerprint density at radius 1 is 1.38 bits per heavy atom. The number of benzene rings is 1. The van der Waals surface area contributed by atoms with Crippen molar-refractivity contribution in [3.05, 3.63) is 41.7 Å². The van der Waals surface area contributed by atoms with E-state index >= 15 is 0 Å². The van der Waals surface area contributed by atoms with Gasteiger partial charge in [-0.1, -0.05) is 6.92 Å². The molecule has 21 heavy (non-hydrogen) atoms. The smallest absolute Gasteiger partial charge is 0.193 e. The van der Waals surface area contributed by atoms with Gasteiger partial charge in [0.2, 0.25) is 0 Å². The maximum absolute atomic E-state index is 5.90. The van der Waals surface area contributed by atoms with Crippen LogP contribution in [-0.2, 0) is 20.0 Å². The van der Waals surface area contributed by atoms with Gasteiger partial charge in [-0.2, -0.15) is 5.10 Å². The molecule has 112 valence electrons. The maximum atomic E-state index is 5.90. The number of guanidine groups is 1. The number of rotatable bonds is 5. The molecule has 0 saturated heterocycles. The number of aromatic nitrogens is 2. The Balaban J connectivity index is 2.00. The van der Waals surface area contributed by atoms with Crippen LogP contribution in [0.15, 0.2) is 35.5 Å². The van der Waals surface area contributed by atoms with Gasteiger partial charge in [0.1, 0.15) is 5.75 Å². The number of aryl methyl sites for hydroxylation is 2. The second-order valence-corrected chi connectivity index (χ2v) is 4.68. The number of nitrogens with two attached hydrogens (primary N) is 1. The second kappa shape index (κ2) is 6.78. The highest BCUT2D eigenvalue weighted by atomic mass is 16.5. The van der Waals surface area contributed by atoms with E-state index in [1.165, 1.54) is 0 Å². The molecule has 6 nitrogen and oxygen atoms in total. The summed E-state index contributed by atoms with van der Waals surface area (Å²) in [6, 6.07) is 7.52. The van der Waals surface area contributed by atoms with Crippen LogP contribution in [0.5, 0.6) is 5.75 Å².